The van der Waals surface area contributed by atoms with Crippen molar-refractivity contribution in [3.05, 3.63) is 36.4 Å². The number of rotatable bonds is 7. The molecule has 1 rings (SSSR count). The number of thioether (sulfide) groups is 1. The van der Waals surface area contributed by atoms with E-state index in [0.717, 1.165) is 11.5 Å². The lowest BCUT2D eigenvalue weighted by Gasteiger charge is -2.10. The van der Waals surface area contributed by atoms with E-state index in [1.807, 2.05) is 6.08 Å². The van der Waals surface area contributed by atoms with Crippen LogP contribution in [-0.2, 0) is 0 Å². The van der Waals surface area contributed by atoms with Crippen molar-refractivity contribution in [1.29, 1.82) is 0 Å². The number of nitrogens with one attached hydrogen (secondary N) is 1. The van der Waals surface area contributed by atoms with Crippen LogP contribution in [0.4, 0.5) is 5.69 Å². The molecule has 18 heavy (non-hydrogen) atoms. The zero-order valence-electron chi connectivity index (χ0n) is 10.4. The summed E-state index contributed by atoms with van der Waals surface area (Å²) in [7, 11) is 1.50. The van der Waals surface area contributed by atoms with Crippen LogP contribution in [0.15, 0.2) is 30.9 Å². The van der Waals surface area contributed by atoms with Crippen molar-refractivity contribution in [3.8, 4) is 5.75 Å². The summed E-state index contributed by atoms with van der Waals surface area (Å²) in [5, 5.41) is 2.83. The highest BCUT2D eigenvalue weighted by Gasteiger charge is 2.13. The second kappa shape index (κ2) is 7.66. The molecule has 5 heteroatoms. The standard InChI is InChI=1S/C13H18N2O2S/c1-3-8-18-9-7-15-13(16)10-5-4-6-11(14)12(10)17-2/h3-6H,1,7-9,14H2,2H3,(H,15,16). The summed E-state index contributed by atoms with van der Waals surface area (Å²) in [6, 6.07) is 5.14. The van der Waals surface area contributed by atoms with E-state index in [1.54, 1.807) is 30.0 Å². The van der Waals surface area contributed by atoms with E-state index >= 15 is 0 Å². The molecule has 0 aromatic heterocycles. The van der Waals surface area contributed by atoms with E-state index in [0.29, 0.717) is 23.5 Å². The summed E-state index contributed by atoms with van der Waals surface area (Å²) in [6.45, 7) is 4.24. The molecule has 0 unspecified atom stereocenters. The van der Waals surface area contributed by atoms with Gasteiger partial charge in [-0.2, -0.15) is 11.8 Å². The van der Waals surface area contributed by atoms with Crippen molar-refractivity contribution in [2.75, 3.05) is 30.9 Å². The van der Waals surface area contributed by atoms with Gasteiger partial charge in [0.1, 0.15) is 0 Å². The van der Waals surface area contributed by atoms with Crippen LogP contribution in [0, 0.1) is 0 Å². The third-order valence-electron chi connectivity index (χ3n) is 2.26. The SMILES string of the molecule is C=CCSCCNC(=O)c1cccc(N)c1OC. The second-order valence-corrected chi connectivity index (χ2v) is 4.70. The maximum absolute atomic E-state index is 11.9. The molecule has 0 fully saturated rings. The average Bonchev–Trinajstić information content (AvgIpc) is 2.38. The van der Waals surface area contributed by atoms with E-state index < -0.39 is 0 Å². The molecule has 0 saturated heterocycles. The zero-order chi connectivity index (χ0) is 13.4. The molecular weight excluding hydrogens is 248 g/mol. The fourth-order valence-corrected chi connectivity index (χ4v) is 2.04. The van der Waals surface area contributed by atoms with Crippen LogP contribution in [0.5, 0.6) is 5.75 Å². The van der Waals surface area contributed by atoms with E-state index in [2.05, 4.69) is 11.9 Å². The van der Waals surface area contributed by atoms with Gasteiger partial charge in [0.15, 0.2) is 5.75 Å². The minimum absolute atomic E-state index is 0.168. The number of hydrogen-bond donors (Lipinski definition) is 2. The van der Waals surface area contributed by atoms with Gasteiger partial charge in [-0.3, -0.25) is 4.79 Å². The summed E-state index contributed by atoms with van der Waals surface area (Å²) in [4.78, 5) is 11.9. The number of nitrogens with two attached hydrogens (primary N) is 1. The van der Waals surface area contributed by atoms with Crippen LogP contribution in [0.2, 0.25) is 0 Å². The summed E-state index contributed by atoms with van der Waals surface area (Å²) in [5.74, 6) is 1.99. The third kappa shape index (κ3) is 4.00. The number of ether oxygens (including phenoxy) is 1. The third-order valence-corrected chi connectivity index (χ3v) is 3.23. The van der Waals surface area contributed by atoms with E-state index in [-0.39, 0.29) is 5.91 Å². The molecule has 0 radical (unpaired) electrons. The van der Waals surface area contributed by atoms with Gasteiger partial charge in [0, 0.05) is 18.1 Å². The van der Waals surface area contributed by atoms with Crippen molar-refractivity contribution in [2.24, 2.45) is 0 Å². The van der Waals surface area contributed by atoms with Gasteiger partial charge in [-0.25, -0.2) is 0 Å². The van der Waals surface area contributed by atoms with Crippen LogP contribution in [-0.4, -0.2) is 31.1 Å². The molecule has 0 aliphatic rings. The Morgan fingerprint density at radius 2 is 2.39 bits per heavy atom. The van der Waals surface area contributed by atoms with Crippen LogP contribution < -0.4 is 15.8 Å². The monoisotopic (exact) mass is 266 g/mol. The van der Waals surface area contributed by atoms with Crippen LogP contribution in [0.3, 0.4) is 0 Å². The molecule has 0 saturated carbocycles. The lowest BCUT2D eigenvalue weighted by molar-refractivity contribution is 0.0953. The molecule has 1 aromatic rings. The Labute approximate surface area is 112 Å². The predicted molar refractivity (Wildman–Crippen MR) is 77.3 cm³/mol. The summed E-state index contributed by atoms with van der Waals surface area (Å²) >= 11 is 1.71. The number of para-hydroxylation sites is 1. The zero-order valence-corrected chi connectivity index (χ0v) is 11.3. The first-order valence-electron chi connectivity index (χ1n) is 5.60. The molecule has 0 aliphatic carbocycles. The highest BCUT2D eigenvalue weighted by atomic mass is 32.2. The van der Waals surface area contributed by atoms with Gasteiger partial charge >= 0.3 is 0 Å². The number of anilines is 1. The first kappa shape index (κ1) is 14.4. The number of amides is 1. The number of carbonyl (C=O) groups is 1. The average molecular weight is 266 g/mol. The molecular formula is C13H18N2O2S. The van der Waals surface area contributed by atoms with Gasteiger partial charge in [0.25, 0.3) is 5.91 Å². The van der Waals surface area contributed by atoms with E-state index in [4.69, 9.17) is 10.5 Å². The number of hydrogen-bond acceptors (Lipinski definition) is 4. The fourth-order valence-electron chi connectivity index (χ4n) is 1.46. The molecule has 98 valence electrons. The lowest BCUT2D eigenvalue weighted by Crippen LogP contribution is -2.26. The number of carbonyl (C=O) groups excluding carboxylic acids is 1. The molecule has 0 atom stereocenters. The second-order valence-electron chi connectivity index (χ2n) is 3.55. The van der Waals surface area contributed by atoms with Crippen LogP contribution in [0.1, 0.15) is 10.4 Å². The van der Waals surface area contributed by atoms with Crippen molar-refractivity contribution in [1.82, 2.24) is 5.32 Å². The first-order valence-corrected chi connectivity index (χ1v) is 6.75. The highest BCUT2D eigenvalue weighted by molar-refractivity contribution is 7.99. The molecule has 0 spiro atoms. The van der Waals surface area contributed by atoms with Gasteiger partial charge in [-0.15, -0.1) is 6.58 Å². The van der Waals surface area contributed by atoms with E-state index in [9.17, 15) is 4.79 Å². The van der Waals surface area contributed by atoms with Gasteiger partial charge in [-0.05, 0) is 12.1 Å². The lowest BCUT2D eigenvalue weighted by atomic mass is 10.1. The number of methoxy groups -OCH3 is 1. The Morgan fingerprint density at radius 1 is 1.61 bits per heavy atom. The Kier molecular flexibility index (Phi) is 6.14. The minimum Gasteiger partial charge on any atom is -0.494 e. The Bertz CT molecular complexity index is 421. The van der Waals surface area contributed by atoms with Gasteiger partial charge in [0.05, 0.1) is 18.4 Å². The maximum Gasteiger partial charge on any atom is 0.255 e. The van der Waals surface area contributed by atoms with Crippen LogP contribution in [0.25, 0.3) is 0 Å². The molecule has 1 amide bonds. The highest BCUT2D eigenvalue weighted by Crippen LogP contribution is 2.25. The largest absolute Gasteiger partial charge is 0.494 e. The molecule has 1 aromatic carbocycles. The number of nitrogen functional groups attached to an aromatic ring is 1. The smallest absolute Gasteiger partial charge is 0.255 e. The fraction of sp³-hybridized carbons (Fsp3) is 0.308. The minimum atomic E-state index is -0.168. The molecule has 0 aliphatic heterocycles. The summed E-state index contributed by atoms with van der Waals surface area (Å²) < 4.78 is 5.14. The Morgan fingerprint density at radius 3 is 3.06 bits per heavy atom. The van der Waals surface area contributed by atoms with Crippen molar-refractivity contribution < 1.29 is 9.53 Å². The normalized spacial score (nSPS) is 9.83. The summed E-state index contributed by atoms with van der Waals surface area (Å²) in [5.41, 5.74) is 6.67. The Balaban J connectivity index is 2.56. The molecule has 0 bridgehead atoms. The van der Waals surface area contributed by atoms with Crippen molar-refractivity contribution >= 4 is 23.4 Å². The maximum atomic E-state index is 11.9. The van der Waals surface area contributed by atoms with Gasteiger partial charge in [-0.1, -0.05) is 12.1 Å². The van der Waals surface area contributed by atoms with E-state index in [1.165, 1.54) is 7.11 Å². The van der Waals surface area contributed by atoms with Gasteiger partial charge < -0.3 is 15.8 Å². The summed E-state index contributed by atoms with van der Waals surface area (Å²) in [6.07, 6.45) is 1.84. The van der Waals surface area contributed by atoms with Gasteiger partial charge in [0.2, 0.25) is 0 Å². The topological polar surface area (TPSA) is 64.4 Å². The van der Waals surface area contributed by atoms with Crippen molar-refractivity contribution in [2.45, 2.75) is 0 Å². The molecule has 4 nitrogen and oxygen atoms in total. The molecule has 0 heterocycles. The molecule has 3 N–H and O–H groups in total. The van der Waals surface area contributed by atoms with Crippen LogP contribution >= 0.6 is 11.8 Å². The predicted octanol–water partition coefficient (Wildman–Crippen LogP) is 1.93. The van der Waals surface area contributed by atoms with Crippen molar-refractivity contribution in [3.63, 3.8) is 0 Å². The Hall–Kier alpha value is -1.62. The quantitative estimate of drug-likeness (QED) is 0.449. The first-order chi connectivity index (χ1) is 8.70. The number of benzene rings is 1.